The fraction of sp³-hybridized carbons (Fsp3) is 0.714. The molecule has 2 rings (SSSR count). The van der Waals surface area contributed by atoms with E-state index in [2.05, 4.69) is 9.97 Å². The topological polar surface area (TPSA) is 41.5 Å². The Hall–Kier alpha value is -1.57. The van der Waals surface area contributed by atoms with Gasteiger partial charge in [0.15, 0.2) is 5.69 Å². The lowest BCUT2D eigenvalue weighted by Crippen LogP contribution is -2.38. The maximum atomic E-state index is 13.0. The molecule has 1 aliphatic rings. The van der Waals surface area contributed by atoms with Gasteiger partial charge in [-0.3, -0.25) is 0 Å². The molecule has 0 amide bonds. The van der Waals surface area contributed by atoms with Crippen molar-refractivity contribution >= 4 is 11.8 Å². The van der Waals surface area contributed by atoms with Crippen molar-refractivity contribution in [1.29, 1.82) is 0 Å². The molecule has 0 unspecified atom stereocenters. The van der Waals surface area contributed by atoms with E-state index < -0.39 is 11.9 Å². The standard InChI is InChI=1S/C14H21F3N4O/c1-4-22-10-5-7-21(8-6-10)13-18-11(14(15,16)17)9-12(19-13)20(2)3/h9-10H,4-8H2,1-3H3. The number of ether oxygens (including phenoxy) is 1. The Balaban J connectivity index is 2.22. The van der Waals surface area contributed by atoms with Crippen LogP contribution in [0.2, 0.25) is 0 Å². The Morgan fingerprint density at radius 2 is 1.91 bits per heavy atom. The highest BCUT2D eigenvalue weighted by Gasteiger charge is 2.35. The summed E-state index contributed by atoms with van der Waals surface area (Å²) in [5, 5.41) is 0. The van der Waals surface area contributed by atoms with Crippen LogP contribution in [0.4, 0.5) is 24.9 Å². The van der Waals surface area contributed by atoms with Gasteiger partial charge >= 0.3 is 6.18 Å². The van der Waals surface area contributed by atoms with Crippen molar-refractivity contribution < 1.29 is 17.9 Å². The van der Waals surface area contributed by atoms with Crippen LogP contribution in [-0.4, -0.2) is 49.9 Å². The summed E-state index contributed by atoms with van der Waals surface area (Å²) in [5.41, 5.74) is -0.909. The first kappa shape index (κ1) is 16.8. The zero-order valence-electron chi connectivity index (χ0n) is 13.0. The number of anilines is 2. The van der Waals surface area contributed by atoms with Crippen LogP contribution >= 0.6 is 0 Å². The van der Waals surface area contributed by atoms with E-state index in [1.807, 2.05) is 6.92 Å². The van der Waals surface area contributed by atoms with E-state index in [1.54, 1.807) is 23.9 Å². The van der Waals surface area contributed by atoms with Gasteiger partial charge in [-0.05, 0) is 19.8 Å². The van der Waals surface area contributed by atoms with E-state index in [9.17, 15) is 13.2 Å². The molecule has 0 spiro atoms. The quantitative estimate of drug-likeness (QED) is 0.853. The molecule has 0 aromatic carbocycles. The Morgan fingerprint density at radius 3 is 2.41 bits per heavy atom. The second-order valence-corrected chi connectivity index (χ2v) is 5.45. The molecule has 8 heteroatoms. The largest absolute Gasteiger partial charge is 0.433 e. The van der Waals surface area contributed by atoms with E-state index in [0.29, 0.717) is 19.7 Å². The molecular weight excluding hydrogens is 297 g/mol. The van der Waals surface area contributed by atoms with Gasteiger partial charge in [0.25, 0.3) is 0 Å². The highest BCUT2D eigenvalue weighted by molar-refractivity contribution is 5.45. The highest BCUT2D eigenvalue weighted by Crippen LogP contribution is 2.31. The predicted molar refractivity (Wildman–Crippen MR) is 78.2 cm³/mol. The molecule has 0 radical (unpaired) electrons. The molecule has 1 aromatic rings. The molecule has 0 atom stereocenters. The maximum absolute atomic E-state index is 13.0. The van der Waals surface area contributed by atoms with Crippen LogP contribution < -0.4 is 9.80 Å². The number of aromatic nitrogens is 2. The molecule has 124 valence electrons. The van der Waals surface area contributed by atoms with Gasteiger partial charge in [0.05, 0.1) is 6.10 Å². The molecule has 0 saturated carbocycles. The summed E-state index contributed by atoms with van der Waals surface area (Å²) in [5.74, 6) is 0.387. The molecule has 2 heterocycles. The van der Waals surface area contributed by atoms with Gasteiger partial charge in [0.2, 0.25) is 5.95 Å². The lowest BCUT2D eigenvalue weighted by molar-refractivity contribution is -0.141. The average molecular weight is 318 g/mol. The van der Waals surface area contributed by atoms with Crippen LogP contribution in [0.1, 0.15) is 25.5 Å². The molecule has 1 aromatic heterocycles. The van der Waals surface area contributed by atoms with E-state index in [1.165, 1.54) is 0 Å². The van der Waals surface area contributed by atoms with Gasteiger partial charge in [0, 0.05) is 39.9 Å². The summed E-state index contributed by atoms with van der Waals surface area (Å²) in [6.07, 6.45) is -2.78. The minimum Gasteiger partial charge on any atom is -0.378 e. The Bertz CT molecular complexity index is 499. The van der Waals surface area contributed by atoms with Gasteiger partial charge in [-0.2, -0.15) is 18.2 Å². The van der Waals surface area contributed by atoms with Crippen LogP contribution in [0.5, 0.6) is 0 Å². The molecule has 1 saturated heterocycles. The molecular formula is C14H21F3N4O. The summed E-state index contributed by atoms with van der Waals surface area (Å²) in [4.78, 5) is 11.3. The van der Waals surface area contributed by atoms with Crippen LogP contribution in [0.3, 0.4) is 0 Å². The summed E-state index contributed by atoms with van der Waals surface area (Å²) in [6, 6.07) is 0.969. The molecule has 0 bridgehead atoms. The molecule has 22 heavy (non-hydrogen) atoms. The maximum Gasteiger partial charge on any atom is 0.433 e. The normalized spacial score (nSPS) is 16.9. The van der Waals surface area contributed by atoms with Crippen molar-refractivity contribution in [3.8, 4) is 0 Å². The van der Waals surface area contributed by atoms with Crippen molar-refractivity contribution in [2.45, 2.75) is 32.0 Å². The van der Waals surface area contributed by atoms with Crippen molar-refractivity contribution in [3.63, 3.8) is 0 Å². The first-order chi connectivity index (χ1) is 10.3. The Kier molecular flexibility index (Phi) is 5.10. The van der Waals surface area contributed by atoms with E-state index in [4.69, 9.17) is 4.74 Å². The molecule has 0 aliphatic carbocycles. The fourth-order valence-corrected chi connectivity index (χ4v) is 2.40. The summed E-state index contributed by atoms with van der Waals surface area (Å²) < 4.78 is 44.5. The van der Waals surface area contributed by atoms with Gasteiger partial charge in [-0.1, -0.05) is 0 Å². The lowest BCUT2D eigenvalue weighted by atomic mass is 10.1. The van der Waals surface area contributed by atoms with E-state index in [-0.39, 0.29) is 17.9 Å². The Labute approximate surface area is 128 Å². The van der Waals surface area contributed by atoms with Crippen LogP contribution in [0.25, 0.3) is 0 Å². The minimum atomic E-state index is -4.48. The number of halogens is 3. The van der Waals surface area contributed by atoms with Crippen molar-refractivity contribution in [2.24, 2.45) is 0 Å². The summed E-state index contributed by atoms with van der Waals surface area (Å²) in [6.45, 7) is 3.78. The summed E-state index contributed by atoms with van der Waals surface area (Å²) >= 11 is 0. The molecule has 1 aliphatic heterocycles. The number of alkyl halides is 3. The van der Waals surface area contributed by atoms with E-state index in [0.717, 1.165) is 18.9 Å². The minimum absolute atomic E-state index is 0.133. The number of hydrogen-bond acceptors (Lipinski definition) is 5. The third-order valence-corrected chi connectivity index (χ3v) is 3.58. The Morgan fingerprint density at radius 1 is 1.27 bits per heavy atom. The number of nitrogens with zero attached hydrogens (tertiary/aromatic N) is 4. The van der Waals surface area contributed by atoms with Crippen molar-refractivity contribution in [2.75, 3.05) is 43.6 Å². The van der Waals surface area contributed by atoms with Gasteiger partial charge < -0.3 is 14.5 Å². The zero-order valence-corrected chi connectivity index (χ0v) is 13.0. The monoisotopic (exact) mass is 318 g/mol. The predicted octanol–water partition coefficient (Wildman–Crippen LogP) is 2.57. The molecule has 5 nitrogen and oxygen atoms in total. The van der Waals surface area contributed by atoms with E-state index >= 15 is 0 Å². The number of piperidine rings is 1. The van der Waals surface area contributed by atoms with Gasteiger partial charge in [0.1, 0.15) is 5.82 Å². The SMILES string of the molecule is CCOC1CCN(c2nc(N(C)C)cc(C(F)(F)F)n2)CC1. The average Bonchev–Trinajstić information content (AvgIpc) is 2.47. The van der Waals surface area contributed by atoms with Gasteiger partial charge in [-0.25, -0.2) is 4.98 Å². The third kappa shape index (κ3) is 4.00. The van der Waals surface area contributed by atoms with Crippen molar-refractivity contribution in [3.05, 3.63) is 11.8 Å². The van der Waals surface area contributed by atoms with Gasteiger partial charge in [-0.15, -0.1) is 0 Å². The second kappa shape index (κ2) is 6.68. The second-order valence-electron chi connectivity index (χ2n) is 5.45. The molecule has 0 N–H and O–H groups in total. The van der Waals surface area contributed by atoms with Crippen LogP contribution in [0, 0.1) is 0 Å². The first-order valence-electron chi connectivity index (χ1n) is 7.31. The number of rotatable bonds is 4. The lowest BCUT2D eigenvalue weighted by Gasteiger charge is -2.32. The molecule has 1 fully saturated rings. The zero-order chi connectivity index (χ0) is 16.3. The van der Waals surface area contributed by atoms with Crippen LogP contribution in [-0.2, 0) is 10.9 Å². The van der Waals surface area contributed by atoms with Crippen LogP contribution in [0.15, 0.2) is 6.07 Å². The van der Waals surface area contributed by atoms with Crippen molar-refractivity contribution in [1.82, 2.24) is 9.97 Å². The third-order valence-electron chi connectivity index (χ3n) is 3.58. The first-order valence-corrected chi connectivity index (χ1v) is 7.31. The summed E-state index contributed by atoms with van der Waals surface area (Å²) in [7, 11) is 3.32. The highest BCUT2D eigenvalue weighted by atomic mass is 19.4. The smallest absolute Gasteiger partial charge is 0.378 e. The fourth-order valence-electron chi connectivity index (χ4n) is 2.40. The number of hydrogen-bond donors (Lipinski definition) is 0.